The van der Waals surface area contributed by atoms with E-state index >= 15 is 0 Å². The highest BCUT2D eigenvalue weighted by Gasteiger charge is 2.30. The lowest BCUT2D eigenvalue weighted by Gasteiger charge is -2.38. The fourth-order valence-corrected chi connectivity index (χ4v) is 2.03. The molecule has 60 valence electrons. The Labute approximate surface area is 64.2 Å². The van der Waals surface area contributed by atoms with E-state index in [-0.39, 0.29) is 0 Å². The Balaban J connectivity index is 2.51. The molecule has 0 spiro atoms. The van der Waals surface area contributed by atoms with Crippen LogP contribution < -0.4 is 5.32 Å². The zero-order valence-electron chi connectivity index (χ0n) is 7.41. The molecule has 1 saturated carbocycles. The summed E-state index contributed by atoms with van der Waals surface area (Å²) in [5.74, 6) is 0. The molecule has 1 aliphatic carbocycles. The van der Waals surface area contributed by atoms with Crippen molar-refractivity contribution in [3.05, 3.63) is 0 Å². The van der Waals surface area contributed by atoms with Crippen LogP contribution in [0.4, 0.5) is 0 Å². The second-order valence-electron chi connectivity index (χ2n) is 4.08. The summed E-state index contributed by atoms with van der Waals surface area (Å²) in [6.45, 7) is 4.74. The first kappa shape index (κ1) is 8.06. The van der Waals surface area contributed by atoms with Gasteiger partial charge in [0, 0.05) is 6.04 Å². The van der Waals surface area contributed by atoms with Gasteiger partial charge in [0.25, 0.3) is 0 Å². The molecule has 0 radical (unpaired) electrons. The van der Waals surface area contributed by atoms with Crippen LogP contribution in [0.25, 0.3) is 0 Å². The van der Waals surface area contributed by atoms with Gasteiger partial charge >= 0.3 is 0 Å². The van der Waals surface area contributed by atoms with Gasteiger partial charge in [-0.3, -0.25) is 0 Å². The monoisotopic (exact) mass is 141 g/mol. The van der Waals surface area contributed by atoms with Gasteiger partial charge in [-0.1, -0.05) is 26.7 Å². The normalized spacial score (nSPS) is 32.1. The maximum Gasteiger partial charge on any atom is 0.0115 e. The zero-order valence-corrected chi connectivity index (χ0v) is 7.41. The molecule has 1 heteroatoms. The van der Waals surface area contributed by atoms with Crippen molar-refractivity contribution >= 4 is 0 Å². The van der Waals surface area contributed by atoms with E-state index < -0.39 is 0 Å². The number of rotatable bonds is 1. The Bertz CT molecular complexity index is 107. The van der Waals surface area contributed by atoms with Gasteiger partial charge in [-0.05, 0) is 25.3 Å². The lowest BCUT2D eigenvalue weighted by Crippen LogP contribution is -2.42. The molecule has 0 aromatic carbocycles. The zero-order chi connectivity index (χ0) is 7.61. The van der Waals surface area contributed by atoms with Gasteiger partial charge in [-0.15, -0.1) is 0 Å². The highest BCUT2D eigenvalue weighted by molar-refractivity contribution is 4.86. The van der Waals surface area contributed by atoms with Gasteiger partial charge in [-0.2, -0.15) is 0 Å². The van der Waals surface area contributed by atoms with Crippen molar-refractivity contribution in [1.29, 1.82) is 0 Å². The highest BCUT2D eigenvalue weighted by atomic mass is 14.9. The number of hydrogen-bond donors (Lipinski definition) is 1. The summed E-state index contributed by atoms with van der Waals surface area (Å²) in [6.07, 6.45) is 5.59. The van der Waals surface area contributed by atoms with Gasteiger partial charge in [-0.25, -0.2) is 0 Å². The van der Waals surface area contributed by atoms with Crippen molar-refractivity contribution in [2.75, 3.05) is 7.05 Å². The molecule has 0 aromatic rings. The van der Waals surface area contributed by atoms with Crippen LogP contribution in [0.2, 0.25) is 0 Å². The minimum Gasteiger partial charge on any atom is -0.316 e. The molecule has 0 bridgehead atoms. The average molecular weight is 141 g/mol. The topological polar surface area (TPSA) is 12.0 Å². The molecule has 0 aromatic heterocycles. The second kappa shape index (κ2) is 2.91. The summed E-state index contributed by atoms with van der Waals surface area (Å²) < 4.78 is 0. The molecular weight excluding hydrogens is 122 g/mol. The SMILES string of the molecule is CN[C@H]1CCCCC1(C)C. The summed E-state index contributed by atoms with van der Waals surface area (Å²) in [6, 6.07) is 0.751. The summed E-state index contributed by atoms with van der Waals surface area (Å²) in [4.78, 5) is 0. The first-order valence-corrected chi connectivity index (χ1v) is 4.34. The summed E-state index contributed by atoms with van der Waals surface area (Å²) in [5, 5.41) is 3.39. The first-order chi connectivity index (χ1) is 4.67. The highest BCUT2D eigenvalue weighted by Crippen LogP contribution is 2.34. The molecule has 0 aliphatic heterocycles. The van der Waals surface area contributed by atoms with Crippen LogP contribution in [-0.2, 0) is 0 Å². The fourth-order valence-electron chi connectivity index (χ4n) is 2.03. The summed E-state index contributed by atoms with van der Waals surface area (Å²) in [7, 11) is 2.08. The largest absolute Gasteiger partial charge is 0.316 e. The number of hydrogen-bond acceptors (Lipinski definition) is 1. The minimum atomic E-state index is 0.535. The Hall–Kier alpha value is -0.0400. The van der Waals surface area contributed by atoms with Crippen LogP contribution in [0.15, 0.2) is 0 Å². The molecule has 1 atom stereocenters. The molecule has 1 aliphatic rings. The average Bonchev–Trinajstić information content (AvgIpc) is 1.87. The van der Waals surface area contributed by atoms with Crippen LogP contribution in [0.1, 0.15) is 39.5 Å². The van der Waals surface area contributed by atoms with Crippen molar-refractivity contribution in [2.24, 2.45) is 5.41 Å². The van der Waals surface area contributed by atoms with E-state index in [1.54, 1.807) is 0 Å². The summed E-state index contributed by atoms with van der Waals surface area (Å²) >= 11 is 0. The molecule has 0 saturated heterocycles. The molecular formula is C9H19N. The molecule has 10 heavy (non-hydrogen) atoms. The van der Waals surface area contributed by atoms with E-state index in [2.05, 4.69) is 26.2 Å². The van der Waals surface area contributed by atoms with Gasteiger partial charge in [0.15, 0.2) is 0 Å². The van der Waals surface area contributed by atoms with Crippen LogP contribution in [0.5, 0.6) is 0 Å². The third-order valence-electron chi connectivity index (χ3n) is 2.86. The Morgan fingerprint density at radius 3 is 2.40 bits per heavy atom. The molecule has 1 rings (SSSR count). The van der Waals surface area contributed by atoms with Gasteiger partial charge in [0.1, 0.15) is 0 Å². The van der Waals surface area contributed by atoms with Crippen molar-refractivity contribution in [2.45, 2.75) is 45.6 Å². The van der Waals surface area contributed by atoms with Crippen molar-refractivity contribution in [3.63, 3.8) is 0 Å². The van der Waals surface area contributed by atoms with Crippen LogP contribution >= 0.6 is 0 Å². The molecule has 0 heterocycles. The molecule has 1 nitrogen and oxygen atoms in total. The van der Waals surface area contributed by atoms with E-state index in [0.29, 0.717) is 5.41 Å². The predicted octanol–water partition coefficient (Wildman–Crippen LogP) is 2.17. The van der Waals surface area contributed by atoms with Crippen LogP contribution in [-0.4, -0.2) is 13.1 Å². The lowest BCUT2D eigenvalue weighted by molar-refractivity contribution is 0.176. The maximum atomic E-state index is 3.39. The van der Waals surface area contributed by atoms with E-state index in [1.807, 2.05) is 0 Å². The Morgan fingerprint density at radius 1 is 1.30 bits per heavy atom. The fraction of sp³-hybridized carbons (Fsp3) is 1.00. The molecule has 1 fully saturated rings. The second-order valence-corrected chi connectivity index (χ2v) is 4.08. The third-order valence-corrected chi connectivity index (χ3v) is 2.86. The maximum absolute atomic E-state index is 3.39. The minimum absolute atomic E-state index is 0.535. The molecule has 0 amide bonds. The van der Waals surface area contributed by atoms with Gasteiger partial charge in [0.2, 0.25) is 0 Å². The molecule has 0 unspecified atom stereocenters. The lowest BCUT2D eigenvalue weighted by atomic mass is 9.73. The standard InChI is InChI=1S/C9H19N/c1-9(2)7-5-4-6-8(9)10-3/h8,10H,4-7H2,1-3H3/t8-/m0/s1. The first-order valence-electron chi connectivity index (χ1n) is 4.34. The third kappa shape index (κ3) is 1.51. The quantitative estimate of drug-likeness (QED) is 0.590. The van der Waals surface area contributed by atoms with Crippen molar-refractivity contribution in [1.82, 2.24) is 5.32 Å². The van der Waals surface area contributed by atoms with Crippen molar-refractivity contribution < 1.29 is 0 Å². The Kier molecular flexibility index (Phi) is 2.35. The van der Waals surface area contributed by atoms with Crippen LogP contribution in [0, 0.1) is 5.41 Å². The van der Waals surface area contributed by atoms with Gasteiger partial charge in [0.05, 0.1) is 0 Å². The van der Waals surface area contributed by atoms with Crippen LogP contribution in [0.3, 0.4) is 0 Å². The van der Waals surface area contributed by atoms with E-state index in [1.165, 1.54) is 25.7 Å². The number of nitrogens with one attached hydrogen (secondary N) is 1. The van der Waals surface area contributed by atoms with E-state index in [0.717, 1.165) is 6.04 Å². The predicted molar refractivity (Wildman–Crippen MR) is 45.1 cm³/mol. The molecule has 1 N–H and O–H groups in total. The Morgan fingerprint density at radius 2 is 2.00 bits per heavy atom. The van der Waals surface area contributed by atoms with Gasteiger partial charge < -0.3 is 5.32 Å². The van der Waals surface area contributed by atoms with Crippen molar-refractivity contribution in [3.8, 4) is 0 Å². The van der Waals surface area contributed by atoms with E-state index in [4.69, 9.17) is 0 Å². The van der Waals surface area contributed by atoms with E-state index in [9.17, 15) is 0 Å². The summed E-state index contributed by atoms with van der Waals surface area (Å²) in [5.41, 5.74) is 0.535. The smallest absolute Gasteiger partial charge is 0.0115 e.